The summed E-state index contributed by atoms with van der Waals surface area (Å²) in [7, 11) is 1.41. The standard InChI is InChI=1S/C28H23NO3/c1-31-27(30)28(19-20-16-17-21-10-8-9-15-24(21)18-20)25(22-11-4-2-5-12-22)32-26(29-28)23-13-6-3-7-14-23/h2-18,25H,19H2,1H3/t25-,28-/m0/s1. The number of esters is 1. The molecular formula is C28H23NO3. The maximum absolute atomic E-state index is 13.4. The summed E-state index contributed by atoms with van der Waals surface area (Å²) in [6, 6.07) is 33.8. The first kappa shape index (κ1) is 20.0. The second-order valence-electron chi connectivity index (χ2n) is 7.97. The molecule has 1 aliphatic heterocycles. The molecule has 4 nitrogen and oxygen atoms in total. The van der Waals surface area contributed by atoms with Crippen LogP contribution < -0.4 is 0 Å². The highest BCUT2D eigenvalue weighted by Crippen LogP contribution is 2.43. The molecule has 1 aliphatic rings. The fraction of sp³-hybridized carbons (Fsp3) is 0.143. The lowest BCUT2D eigenvalue weighted by Crippen LogP contribution is -2.44. The Morgan fingerprint density at radius 1 is 0.875 bits per heavy atom. The molecule has 0 bridgehead atoms. The average molecular weight is 421 g/mol. The van der Waals surface area contributed by atoms with Crippen molar-refractivity contribution in [2.75, 3.05) is 7.11 Å². The van der Waals surface area contributed by atoms with Crippen LogP contribution in [-0.4, -0.2) is 24.5 Å². The van der Waals surface area contributed by atoms with E-state index < -0.39 is 17.6 Å². The number of hydrogen-bond donors (Lipinski definition) is 0. The van der Waals surface area contributed by atoms with E-state index in [0.717, 1.165) is 27.5 Å². The summed E-state index contributed by atoms with van der Waals surface area (Å²) in [5.74, 6) is 0.0380. The van der Waals surface area contributed by atoms with Crippen LogP contribution in [0.2, 0.25) is 0 Å². The first-order valence-corrected chi connectivity index (χ1v) is 10.6. The summed E-state index contributed by atoms with van der Waals surface area (Å²) in [6.07, 6.45) is -0.238. The molecule has 4 heteroatoms. The van der Waals surface area contributed by atoms with Crippen molar-refractivity contribution in [1.29, 1.82) is 0 Å². The van der Waals surface area contributed by atoms with E-state index in [1.807, 2.05) is 78.9 Å². The molecule has 0 aliphatic carbocycles. The summed E-state index contributed by atoms with van der Waals surface area (Å²) in [5.41, 5.74) is 1.48. The van der Waals surface area contributed by atoms with Crippen molar-refractivity contribution in [3.05, 3.63) is 120 Å². The molecule has 0 fully saturated rings. The molecular weight excluding hydrogens is 398 g/mol. The molecule has 2 atom stereocenters. The summed E-state index contributed by atoms with van der Waals surface area (Å²) in [4.78, 5) is 18.3. The molecule has 4 aromatic rings. The van der Waals surface area contributed by atoms with Crippen LogP contribution in [0.1, 0.15) is 22.8 Å². The largest absolute Gasteiger partial charge is 0.467 e. The van der Waals surface area contributed by atoms with Gasteiger partial charge in [0.2, 0.25) is 11.4 Å². The number of carbonyl (C=O) groups is 1. The molecule has 4 aromatic carbocycles. The first-order chi connectivity index (χ1) is 15.7. The minimum atomic E-state index is -1.23. The second kappa shape index (κ2) is 8.31. The first-order valence-electron chi connectivity index (χ1n) is 10.6. The third-order valence-electron chi connectivity index (χ3n) is 5.91. The quantitative estimate of drug-likeness (QED) is 0.399. The Morgan fingerprint density at radius 2 is 1.53 bits per heavy atom. The topological polar surface area (TPSA) is 47.9 Å². The molecule has 0 radical (unpaired) electrons. The van der Waals surface area contributed by atoms with E-state index in [9.17, 15) is 4.79 Å². The maximum atomic E-state index is 13.4. The zero-order chi connectivity index (χ0) is 22.0. The number of benzene rings is 4. The van der Waals surface area contributed by atoms with Gasteiger partial charge in [0.1, 0.15) is 0 Å². The van der Waals surface area contributed by atoms with Gasteiger partial charge >= 0.3 is 5.97 Å². The molecule has 1 heterocycles. The normalized spacial score (nSPS) is 19.9. The van der Waals surface area contributed by atoms with Crippen molar-refractivity contribution in [3.8, 4) is 0 Å². The Bertz CT molecular complexity index is 1280. The Labute approximate surface area is 187 Å². The smallest absolute Gasteiger partial charge is 0.338 e. The van der Waals surface area contributed by atoms with Gasteiger partial charge in [-0.25, -0.2) is 9.79 Å². The SMILES string of the molecule is COC(=O)[C@@]1(Cc2ccc3ccccc3c2)N=C(c2ccccc2)O[C@H]1c1ccccc1. The zero-order valence-electron chi connectivity index (χ0n) is 17.8. The molecule has 0 N–H and O–H groups in total. The molecule has 0 saturated carbocycles. The highest BCUT2D eigenvalue weighted by Gasteiger charge is 2.54. The van der Waals surface area contributed by atoms with Crippen LogP contribution in [0.25, 0.3) is 10.8 Å². The van der Waals surface area contributed by atoms with E-state index in [2.05, 4.69) is 24.3 Å². The minimum absolute atomic E-state index is 0.362. The van der Waals surface area contributed by atoms with Crippen LogP contribution >= 0.6 is 0 Å². The molecule has 32 heavy (non-hydrogen) atoms. The van der Waals surface area contributed by atoms with E-state index in [4.69, 9.17) is 14.5 Å². The highest BCUT2D eigenvalue weighted by atomic mass is 16.5. The van der Waals surface area contributed by atoms with Gasteiger partial charge in [0.25, 0.3) is 0 Å². The van der Waals surface area contributed by atoms with Crippen LogP contribution in [0.15, 0.2) is 108 Å². The zero-order valence-corrected chi connectivity index (χ0v) is 17.8. The fourth-order valence-corrected chi connectivity index (χ4v) is 4.35. The maximum Gasteiger partial charge on any atom is 0.338 e. The summed E-state index contributed by atoms with van der Waals surface area (Å²) >= 11 is 0. The van der Waals surface area contributed by atoms with Gasteiger partial charge < -0.3 is 9.47 Å². The van der Waals surface area contributed by atoms with Gasteiger partial charge in [-0.2, -0.15) is 0 Å². The van der Waals surface area contributed by atoms with Gasteiger partial charge in [-0.05, 0) is 34.0 Å². The summed E-state index contributed by atoms with van der Waals surface area (Å²) in [5, 5.41) is 2.27. The van der Waals surface area contributed by atoms with Crippen molar-refractivity contribution in [2.24, 2.45) is 4.99 Å². The van der Waals surface area contributed by atoms with Crippen LogP contribution in [0.3, 0.4) is 0 Å². The number of ether oxygens (including phenoxy) is 2. The Kier molecular flexibility index (Phi) is 5.20. The number of methoxy groups -OCH3 is 1. The minimum Gasteiger partial charge on any atom is -0.467 e. The van der Waals surface area contributed by atoms with Gasteiger partial charge in [-0.1, -0.05) is 91.0 Å². The van der Waals surface area contributed by atoms with Crippen LogP contribution in [0.4, 0.5) is 0 Å². The van der Waals surface area contributed by atoms with Crippen molar-refractivity contribution in [1.82, 2.24) is 0 Å². The number of carbonyl (C=O) groups excluding carboxylic acids is 1. The van der Waals surface area contributed by atoms with Crippen molar-refractivity contribution >= 4 is 22.6 Å². The molecule has 0 unspecified atom stereocenters. The van der Waals surface area contributed by atoms with Gasteiger partial charge in [0, 0.05) is 12.0 Å². The van der Waals surface area contributed by atoms with Gasteiger partial charge in [0.15, 0.2) is 6.10 Å². The van der Waals surface area contributed by atoms with Crippen molar-refractivity contribution in [2.45, 2.75) is 18.1 Å². The number of hydrogen-bond acceptors (Lipinski definition) is 4. The number of nitrogens with zero attached hydrogens (tertiary/aromatic N) is 1. The second-order valence-corrected chi connectivity index (χ2v) is 7.97. The Hall–Kier alpha value is -3.92. The van der Waals surface area contributed by atoms with Crippen molar-refractivity contribution in [3.63, 3.8) is 0 Å². The highest BCUT2D eigenvalue weighted by molar-refractivity contribution is 6.00. The molecule has 0 aromatic heterocycles. The number of aliphatic imine (C=N–C) groups is 1. The predicted molar refractivity (Wildman–Crippen MR) is 126 cm³/mol. The van der Waals surface area contributed by atoms with E-state index in [1.165, 1.54) is 7.11 Å². The van der Waals surface area contributed by atoms with E-state index >= 15 is 0 Å². The monoisotopic (exact) mass is 421 g/mol. The number of rotatable bonds is 5. The molecule has 158 valence electrons. The average Bonchev–Trinajstić information content (AvgIpc) is 3.25. The summed E-state index contributed by atoms with van der Waals surface area (Å²) in [6.45, 7) is 0. The van der Waals surface area contributed by atoms with Crippen LogP contribution in [0.5, 0.6) is 0 Å². The van der Waals surface area contributed by atoms with Gasteiger partial charge in [-0.3, -0.25) is 0 Å². The van der Waals surface area contributed by atoms with E-state index in [0.29, 0.717) is 12.3 Å². The molecule has 0 saturated heterocycles. The van der Waals surface area contributed by atoms with Crippen molar-refractivity contribution < 1.29 is 14.3 Å². The van der Waals surface area contributed by atoms with Crippen LogP contribution in [-0.2, 0) is 20.7 Å². The fourth-order valence-electron chi connectivity index (χ4n) is 4.35. The summed E-state index contributed by atoms with van der Waals surface area (Å²) < 4.78 is 11.7. The third-order valence-corrected chi connectivity index (χ3v) is 5.91. The lowest BCUT2D eigenvalue weighted by Gasteiger charge is -2.29. The van der Waals surface area contributed by atoms with Crippen LogP contribution in [0, 0.1) is 0 Å². The predicted octanol–water partition coefficient (Wildman–Crippen LogP) is 5.51. The van der Waals surface area contributed by atoms with Gasteiger partial charge in [0.05, 0.1) is 7.11 Å². The third kappa shape index (κ3) is 3.54. The van der Waals surface area contributed by atoms with E-state index in [-0.39, 0.29) is 0 Å². The Morgan fingerprint density at radius 3 is 2.25 bits per heavy atom. The molecule has 5 rings (SSSR count). The number of fused-ring (bicyclic) bond motifs is 1. The lowest BCUT2D eigenvalue weighted by atomic mass is 9.82. The molecule has 0 amide bonds. The van der Waals surface area contributed by atoms with Gasteiger partial charge in [-0.15, -0.1) is 0 Å². The van der Waals surface area contributed by atoms with E-state index in [1.54, 1.807) is 0 Å². The lowest BCUT2D eigenvalue weighted by molar-refractivity contribution is -0.149. The molecule has 0 spiro atoms. The Balaban J connectivity index is 1.65.